The SMILES string of the molecule is CC(=O)c1cccc(Nc2cc(NCc3ccccc3Cl)nc(C)n2)c1. The van der Waals surface area contributed by atoms with Gasteiger partial charge in [0.2, 0.25) is 0 Å². The van der Waals surface area contributed by atoms with E-state index in [2.05, 4.69) is 20.6 Å². The summed E-state index contributed by atoms with van der Waals surface area (Å²) in [6.07, 6.45) is 0. The number of carbonyl (C=O) groups is 1. The summed E-state index contributed by atoms with van der Waals surface area (Å²) >= 11 is 6.19. The van der Waals surface area contributed by atoms with Crippen LogP contribution in [0.4, 0.5) is 17.3 Å². The van der Waals surface area contributed by atoms with Gasteiger partial charge in [0, 0.05) is 28.9 Å². The van der Waals surface area contributed by atoms with Crippen molar-refractivity contribution in [1.82, 2.24) is 9.97 Å². The number of benzene rings is 2. The molecule has 0 amide bonds. The maximum atomic E-state index is 11.5. The minimum Gasteiger partial charge on any atom is -0.366 e. The van der Waals surface area contributed by atoms with Crippen LogP contribution < -0.4 is 10.6 Å². The van der Waals surface area contributed by atoms with Crippen molar-refractivity contribution in [3.8, 4) is 0 Å². The van der Waals surface area contributed by atoms with E-state index in [9.17, 15) is 4.79 Å². The average molecular weight is 367 g/mol. The fraction of sp³-hybridized carbons (Fsp3) is 0.150. The summed E-state index contributed by atoms with van der Waals surface area (Å²) in [7, 11) is 0. The minimum atomic E-state index is 0.0228. The molecule has 2 N–H and O–H groups in total. The van der Waals surface area contributed by atoms with Gasteiger partial charge < -0.3 is 10.6 Å². The molecule has 0 spiro atoms. The molecule has 0 aliphatic rings. The first-order valence-electron chi connectivity index (χ1n) is 8.22. The molecular formula is C20H19ClN4O. The summed E-state index contributed by atoms with van der Waals surface area (Å²) in [6.45, 7) is 3.94. The summed E-state index contributed by atoms with van der Waals surface area (Å²) in [5.41, 5.74) is 2.44. The number of nitrogens with zero attached hydrogens (tertiary/aromatic N) is 2. The van der Waals surface area contributed by atoms with Gasteiger partial charge in [0.15, 0.2) is 5.78 Å². The van der Waals surface area contributed by atoms with Gasteiger partial charge in [-0.3, -0.25) is 4.79 Å². The second kappa shape index (κ2) is 7.97. The van der Waals surface area contributed by atoms with Crippen LogP contribution in [0.15, 0.2) is 54.6 Å². The Kier molecular flexibility index (Phi) is 5.49. The molecule has 5 nitrogen and oxygen atoms in total. The van der Waals surface area contributed by atoms with Crippen LogP contribution in [0.3, 0.4) is 0 Å². The zero-order chi connectivity index (χ0) is 18.5. The van der Waals surface area contributed by atoms with Crippen molar-refractivity contribution in [3.05, 3.63) is 76.6 Å². The third-order valence-electron chi connectivity index (χ3n) is 3.80. The summed E-state index contributed by atoms with van der Waals surface area (Å²) in [5, 5.41) is 7.20. The lowest BCUT2D eigenvalue weighted by Gasteiger charge is -2.11. The van der Waals surface area contributed by atoms with Crippen molar-refractivity contribution < 1.29 is 4.79 Å². The number of carbonyl (C=O) groups excluding carboxylic acids is 1. The Morgan fingerprint density at radius 3 is 2.58 bits per heavy atom. The lowest BCUT2D eigenvalue weighted by molar-refractivity contribution is 0.101. The van der Waals surface area contributed by atoms with Crippen molar-refractivity contribution in [2.75, 3.05) is 10.6 Å². The lowest BCUT2D eigenvalue weighted by atomic mass is 10.1. The van der Waals surface area contributed by atoms with Crippen molar-refractivity contribution >= 4 is 34.7 Å². The molecule has 132 valence electrons. The van der Waals surface area contributed by atoms with Gasteiger partial charge in [-0.2, -0.15) is 0 Å². The molecule has 0 unspecified atom stereocenters. The van der Waals surface area contributed by atoms with Crippen LogP contribution in [0, 0.1) is 6.92 Å². The van der Waals surface area contributed by atoms with Crippen molar-refractivity contribution in [2.24, 2.45) is 0 Å². The fourth-order valence-electron chi connectivity index (χ4n) is 2.51. The van der Waals surface area contributed by atoms with Gasteiger partial charge in [-0.1, -0.05) is 41.9 Å². The second-order valence-electron chi connectivity index (χ2n) is 5.89. The first kappa shape index (κ1) is 17.9. The highest BCUT2D eigenvalue weighted by Gasteiger charge is 2.06. The van der Waals surface area contributed by atoms with E-state index in [1.807, 2.05) is 49.4 Å². The highest BCUT2D eigenvalue weighted by atomic mass is 35.5. The highest BCUT2D eigenvalue weighted by Crippen LogP contribution is 2.20. The molecule has 26 heavy (non-hydrogen) atoms. The molecule has 0 bridgehead atoms. The van der Waals surface area contributed by atoms with Gasteiger partial charge in [-0.05, 0) is 37.6 Å². The molecule has 0 saturated heterocycles. The maximum absolute atomic E-state index is 11.5. The predicted octanol–water partition coefficient (Wildman–Crippen LogP) is 5.00. The molecule has 0 atom stereocenters. The van der Waals surface area contributed by atoms with Crippen molar-refractivity contribution in [2.45, 2.75) is 20.4 Å². The van der Waals surface area contributed by atoms with Crippen LogP contribution in [-0.2, 0) is 6.54 Å². The number of anilines is 3. The van der Waals surface area contributed by atoms with E-state index in [1.165, 1.54) is 0 Å². The molecule has 0 saturated carbocycles. The lowest BCUT2D eigenvalue weighted by Crippen LogP contribution is -2.05. The van der Waals surface area contributed by atoms with E-state index >= 15 is 0 Å². The van der Waals surface area contributed by atoms with E-state index in [4.69, 9.17) is 11.6 Å². The van der Waals surface area contributed by atoms with E-state index in [1.54, 1.807) is 19.1 Å². The number of hydrogen-bond acceptors (Lipinski definition) is 5. The minimum absolute atomic E-state index is 0.0228. The van der Waals surface area contributed by atoms with Gasteiger partial charge >= 0.3 is 0 Å². The molecular weight excluding hydrogens is 348 g/mol. The number of hydrogen-bond donors (Lipinski definition) is 2. The number of halogens is 1. The second-order valence-corrected chi connectivity index (χ2v) is 6.30. The summed E-state index contributed by atoms with van der Waals surface area (Å²) in [4.78, 5) is 20.3. The van der Waals surface area contributed by atoms with Crippen LogP contribution in [0.1, 0.15) is 28.7 Å². The largest absolute Gasteiger partial charge is 0.366 e. The number of ketones is 1. The van der Waals surface area contributed by atoms with Crippen molar-refractivity contribution in [1.29, 1.82) is 0 Å². The third kappa shape index (κ3) is 4.58. The van der Waals surface area contributed by atoms with E-state index in [0.29, 0.717) is 34.6 Å². The fourth-order valence-corrected chi connectivity index (χ4v) is 2.72. The molecule has 3 rings (SSSR count). The molecule has 1 heterocycles. The Morgan fingerprint density at radius 2 is 1.81 bits per heavy atom. The molecule has 0 radical (unpaired) electrons. The van der Waals surface area contributed by atoms with E-state index < -0.39 is 0 Å². The summed E-state index contributed by atoms with van der Waals surface area (Å²) in [6, 6.07) is 16.8. The van der Waals surface area contributed by atoms with Crippen LogP contribution >= 0.6 is 11.6 Å². The van der Waals surface area contributed by atoms with Gasteiger partial charge in [-0.25, -0.2) is 9.97 Å². The number of aromatic nitrogens is 2. The number of Topliss-reactive ketones (excluding diaryl/α,β-unsaturated/α-hetero) is 1. The van der Waals surface area contributed by atoms with Gasteiger partial charge in [-0.15, -0.1) is 0 Å². The first-order chi connectivity index (χ1) is 12.5. The molecule has 1 aromatic heterocycles. The Balaban J connectivity index is 1.76. The van der Waals surface area contributed by atoms with Crippen LogP contribution in [-0.4, -0.2) is 15.8 Å². The van der Waals surface area contributed by atoms with Crippen LogP contribution in [0.5, 0.6) is 0 Å². The quantitative estimate of drug-likeness (QED) is 0.601. The number of rotatable bonds is 6. The zero-order valence-corrected chi connectivity index (χ0v) is 15.3. The van der Waals surface area contributed by atoms with Crippen molar-refractivity contribution in [3.63, 3.8) is 0 Å². The maximum Gasteiger partial charge on any atom is 0.159 e. The molecule has 0 aliphatic heterocycles. The normalized spacial score (nSPS) is 10.4. The smallest absolute Gasteiger partial charge is 0.159 e. The first-order valence-corrected chi connectivity index (χ1v) is 8.60. The molecule has 2 aromatic carbocycles. The predicted molar refractivity (Wildman–Crippen MR) is 105 cm³/mol. The number of aryl methyl sites for hydroxylation is 1. The zero-order valence-electron chi connectivity index (χ0n) is 14.6. The topological polar surface area (TPSA) is 66.9 Å². The van der Waals surface area contributed by atoms with Crippen LogP contribution in [0.25, 0.3) is 0 Å². The average Bonchev–Trinajstić information content (AvgIpc) is 2.61. The van der Waals surface area contributed by atoms with E-state index in [-0.39, 0.29) is 5.78 Å². The Labute approximate surface area is 157 Å². The monoisotopic (exact) mass is 366 g/mol. The van der Waals surface area contributed by atoms with E-state index in [0.717, 1.165) is 11.3 Å². The standard InChI is InChI=1S/C20H19ClN4O/c1-13(26)15-7-5-8-17(10-15)25-20-11-19(23-14(2)24-20)22-12-16-6-3-4-9-18(16)21/h3-11H,12H2,1-2H3,(H2,22,23,24,25). The Morgan fingerprint density at radius 1 is 1.04 bits per heavy atom. The van der Waals surface area contributed by atoms with Gasteiger partial charge in [0.1, 0.15) is 17.5 Å². The molecule has 6 heteroatoms. The molecule has 3 aromatic rings. The number of nitrogens with one attached hydrogen (secondary N) is 2. The van der Waals surface area contributed by atoms with Crippen LogP contribution in [0.2, 0.25) is 5.02 Å². The summed E-state index contributed by atoms with van der Waals surface area (Å²) in [5.74, 6) is 2.01. The third-order valence-corrected chi connectivity index (χ3v) is 4.17. The highest BCUT2D eigenvalue weighted by molar-refractivity contribution is 6.31. The van der Waals surface area contributed by atoms with Gasteiger partial charge in [0.05, 0.1) is 0 Å². The van der Waals surface area contributed by atoms with Gasteiger partial charge in [0.25, 0.3) is 0 Å². The Hall–Kier alpha value is -2.92. The molecule has 0 fully saturated rings. The Bertz CT molecular complexity index is 943. The molecule has 0 aliphatic carbocycles. The summed E-state index contributed by atoms with van der Waals surface area (Å²) < 4.78 is 0.